The van der Waals surface area contributed by atoms with Gasteiger partial charge in [0.25, 0.3) is 11.1 Å². The number of halogens is 1. The maximum absolute atomic E-state index is 13.3. The second kappa shape index (κ2) is 9.03. The zero-order valence-electron chi connectivity index (χ0n) is 18.2. The maximum atomic E-state index is 13.3. The van der Waals surface area contributed by atoms with E-state index >= 15 is 0 Å². The van der Waals surface area contributed by atoms with E-state index in [0.717, 1.165) is 28.8 Å². The van der Waals surface area contributed by atoms with Gasteiger partial charge in [0.15, 0.2) is 0 Å². The molecule has 1 aliphatic heterocycles. The van der Waals surface area contributed by atoms with Crippen LogP contribution in [0.15, 0.2) is 47.0 Å². The Morgan fingerprint density at radius 3 is 2.76 bits per heavy atom. The molecule has 3 heterocycles. The first-order chi connectivity index (χ1) is 16.0. The third-order valence-electron chi connectivity index (χ3n) is 5.78. The van der Waals surface area contributed by atoms with E-state index in [1.807, 2.05) is 41.3 Å². The number of carbonyl (C=O) groups is 1. The average molecular weight is 484 g/mol. The number of amides is 1. The molecular weight excluding hydrogens is 462 g/mol. The summed E-state index contributed by atoms with van der Waals surface area (Å²) in [4.78, 5) is 19.7. The maximum Gasteiger partial charge on any atom is 0.274 e. The van der Waals surface area contributed by atoms with E-state index < -0.39 is 0 Å². The second-order valence-corrected chi connectivity index (χ2v) is 9.27. The van der Waals surface area contributed by atoms with Crippen LogP contribution in [0.2, 0.25) is 5.02 Å². The van der Waals surface area contributed by atoms with Crippen molar-refractivity contribution in [3.05, 3.63) is 58.8 Å². The van der Waals surface area contributed by atoms with Gasteiger partial charge < -0.3 is 18.9 Å². The van der Waals surface area contributed by atoms with Gasteiger partial charge in [-0.2, -0.15) is 0 Å². The van der Waals surface area contributed by atoms with Crippen LogP contribution in [0.3, 0.4) is 0 Å². The summed E-state index contributed by atoms with van der Waals surface area (Å²) < 4.78 is 17.8. The van der Waals surface area contributed by atoms with Gasteiger partial charge in [-0.25, -0.2) is 4.98 Å². The predicted octanol–water partition coefficient (Wildman–Crippen LogP) is 5.61. The summed E-state index contributed by atoms with van der Waals surface area (Å²) in [5, 5.41) is 5.29. The number of hydrogen-bond donors (Lipinski definition) is 0. The van der Waals surface area contributed by atoms with Crippen LogP contribution in [-0.4, -0.2) is 47.3 Å². The molecule has 0 aliphatic carbocycles. The highest BCUT2D eigenvalue weighted by molar-refractivity contribution is 7.20. The first-order valence-corrected chi connectivity index (χ1v) is 11.8. The van der Waals surface area contributed by atoms with Gasteiger partial charge in [-0.1, -0.05) is 46.3 Å². The predicted molar refractivity (Wildman–Crippen MR) is 127 cm³/mol. The number of nitrogens with zero attached hydrogens (tertiary/aromatic N) is 3. The van der Waals surface area contributed by atoms with Gasteiger partial charge in [0.2, 0.25) is 0 Å². The lowest BCUT2D eigenvalue weighted by atomic mass is 10.0. The molecule has 1 aliphatic rings. The first kappa shape index (κ1) is 21.7. The lowest BCUT2D eigenvalue weighted by molar-refractivity contribution is 0.0594. The Hall–Kier alpha value is -3.10. The minimum atomic E-state index is -0.103. The Morgan fingerprint density at radius 2 is 2.00 bits per heavy atom. The van der Waals surface area contributed by atoms with Gasteiger partial charge in [-0.15, -0.1) is 0 Å². The van der Waals surface area contributed by atoms with E-state index in [1.165, 1.54) is 11.3 Å². The van der Waals surface area contributed by atoms with Crippen molar-refractivity contribution < 1.29 is 18.8 Å². The third-order valence-corrected chi connectivity index (χ3v) is 7.03. The highest BCUT2D eigenvalue weighted by Crippen LogP contribution is 2.34. The van der Waals surface area contributed by atoms with Crippen LogP contribution < -0.4 is 9.47 Å². The number of aromatic nitrogens is 2. The van der Waals surface area contributed by atoms with Gasteiger partial charge in [-0.05, 0) is 25.1 Å². The second-order valence-electron chi connectivity index (χ2n) is 7.87. The fourth-order valence-corrected chi connectivity index (χ4v) is 5.09. The molecule has 4 aromatic rings. The van der Waals surface area contributed by atoms with E-state index in [9.17, 15) is 4.79 Å². The quantitative estimate of drug-likeness (QED) is 0.367. The standard InChI is InChI=1S/C24H22ClN3O4S/c1-14-21(22(27-32-14)17-5-3-4-6-18(17)25)23(29)28-11-9-15(10-12-28)31-24-26-19-13-16(30-2)7-8-20(19)33-24/h3-8,13,15H,9-12H2,1-2H3. The summed E-state index contributed by atoms with van der Waals surface area (Å²) in [6.45, 7) is 2.90. The summed E-state index contributed by atoms with van der Waals surface area (Å²) in [5.41, 5.74) is 2.48. The molecule has 5 rings (SSSR count). The smallest absolute Gasteiger partial charge is 0.274 e. The van der Waals surface area contributed by atoms with Crippen LogP contribution in [0.25, 0.3) is 21.5 Å². The number of piperidine rings is 1. The Labute approximate surface area is 199 Å². The number of ether oxygens (including phenoxy) is 2. The average Bonchev–Trinajstić information content (AvgIpc) is 3.41. The number of benzene rings is 2. The summed E-state index contributed by atoms with van der Waals surface area (Å²) >= 11 is 7.85. The van der Waals surface area contributed by atoms with Gasteiger partial charge in [-0.3, -0.25) is 4.79 Å². The number of rotatable bonds is 5. The lowest BCUT2D eigenvalue weighted by Gasteiger charge is -2.31. The van der Waals surface area contributed by atoms with Crippen LogP contribution in [0.1, 0.15) is 29.0 Å². The number of thiazole rings is 1. The van der Waals surface area contributed by atoms with Crippen LogP contribution >= 0.6 is 22.9 Å². The Morgan fingerprint density at radius 1 is 1.21 bits per heavy atom. The van der Waals surface area contributed by atoms with Crippen LogP contribution in [0.4, 0.5) is 0 Å². The summed E-state index contributed by atoms with van der Waals surface area (Å²) in [7, 11) is 1.64. The van der Waals surface area contributed by atoms with Crippen molar-refractivity contribution in [2.24, 2.45) is 0 Å². The van der Waals surface area contributed by atoms with Crippen LogP contribution in [-0.2, 0) is 0 Å². The molecular formula is C24H22ClN3O4S. The Bertz CT molecular complexity index is 1310. The normalized spacial score (nSPS) is 14.6. The van der Waals surface area contributed by atoms with Crippen LogP contribution in [0, 0.1) is 6.92 Å². The Balaban J connectivity index is 1.27. The number of fused-ring (bicyclic) bond motifs is 1. The Kier molecular flexibility index (Phi) is 5.95. The van der Waals surface area contributed by atoms with E-state index in [1.54, 1.807) is 20.1 Å². The molecule has 0 N–H and O–H groups in total. The fourth-order valence-electron chi connectivity index (χ4n) is 4.00. The van der Waals surface area contributed by atoms with Gasteiger partial charge in [0.05, 0.1) is 22.3 Å². The first-order valence-electron chi connectivity index (χ1n) is 10.6. The lowest BCUT2D eigenvalue weighted by Crippen LogP contribution is -2.42. The van der Waals surface area contributed by atoms with Crippen molar-refractivity contribution in [2.75, 3.05) is 20.2 Å². The van der Waals surface area contributed by atoms with Gasteiger partial charge in [0, 0.05) is 37.6 Å². The summed E-state index contributed by atoms with van der Waals surface area (Å²) in [6, 6.07) is 13.1. The minimum absolute atomic E-state index is 0.00289. The molecule has 1 saturated heterocycles. The SMILES string of the molecule is COc1ccc2sc(OC3CCN(C(=O)c4c(-c5ccccc5Cl)noc4C)CC3)nc2c1. The van der Waals surface area contributed by atoms with E-state index in [0.29, 0.717) is 45.9 Å². The van der Waals surface area contributed by atoms with E-state index in [-0.39, 0.29) is 12.0 Å². The molecule has 7 nitrogen and oxygen atoms in total. The largest absolute Gasteiger partial charge is 0.497 e. The molecule has 0 spiro atoms. The van der Waals surface area contributed by atoms with Gasteiger partial charge >= 0.3 is 0 Å². The fraction of sp³-hybridized carbons (Fsp3) is 0.292. The molecule has 0 atom stereocenters. The van der Waals surface area contributed by atoms with Gasteiger partial charge in [0.1, 0.15) is 28.9 Å². The van der Waals surface area contributed by atoms with E-state index in [4.69, 9.17) is 25.6 Å². The van der Waals surface area contributed by atoms with E-state index in [2.05, 4.69) is 10.1 Å². The summed E-state index contributed by atoms with van der Waals surface area (Å²) in [5.74, 6) is 1.15. The molecule has 0 unspecified atom stereocenters. The van der Waals surface area contributed by atoms with Crippen molar-refractivity contribution in [1.82, 2.24) is 15.0 Å². The molecule has 1 amide bonds. The van der Waals surface area contributed by atoms with Crippen molar-refractivity contribution >= 4 is 39.1 Å². The van der Waals surface area contributed by atoms with Crippen molar-refractivity contribution in [3.8, 4) is 22.2 Å². The van der Waals surface area contributed by atoms with Crippen LogP contribution in [0.5, 0.6) is 10.9 Å². The molecule has 9 heteroatoms. The highest BCUT2D eigenvalue weighted by Gasteiger charge is 2.30. The number of carbonyl (C=O) groups excluding carboxylic acids is 1. The molecule has 0 saturated carbocycles. The highest BCUT2D eigenvalue weighted by atomic mass is 35.5. The summed E-state index contributed by atoms with van der Waals surface area (Å²) in [6.07, 6.45) is 1.44. The molecule has 0 bridgehead atoms. The molecule has 2 aromatic heterocycles. The number of hydrogen-bond acceptors (Lipinski definition) is 7. The zero-order valence-corrected chi connectivity index (χ0v) is 19.8. The minimum Gasteiger partial charge on any atom is -0.497 e. The zero-order chi connectivity index (χ0) is 22.9. The van der Waals surface area contributed by atoms with Crippen molar-refractivity contribution in [3.63, 3.8) is 0 Å². The number of methoxy groups -OCH3 is 1. The molecule has 1 fully saturated rings. The molecule has 2 aromatic carbocycles. The molecule has 33 heavy (non-hydrogen) atoms. The molecule has 170 valence electrons. The topological polar surface area (TPSA) is 77.7 Å². The number of aryl methyl sites for hydroxylation is 1. The van der Waals surface area contributed by atoms with Crippen molar-refractivity contribution in [2.45, 2.75) is 25.9 Å². The monoisotopic (exact) mass is 483 g/mol. The van der Waals surface area contributed by atoms with Crippen molar-refractivity contribution in [1.29, 1.82) is 0 Å². The third kappa shape index (κ3) is 4.28. The molecule has 0 radical (unpaired) electrons. The number of likely N-dealkylation sites (tertiary alicyclic amines) is 1.